The average Bonchev–Trinajstić information content (AvgIpc) is 2.90. The van der Waals surface area contributed by atoms with Crippen LogP contribution in [0.1, 0.15) is 21.3 Å². The Morgan fingerprint density at radius 1 is 1.24 bits per heavy atom. The summed E-state index contributed by atoms with van der Waals surface area (Å²) in [7, 11) is 0. The number of carbonyl (C=O) groups is 1. The number of carbonyl (C=O) groups excluding carboxylic acids is 1. The van der Waals surface area contributed by atoms with Crippen molar-refractivity contribution in [2.75, 3.05) is 0 Å². The predicted molar refractivity (Wildman–Crippen MR) is 99.1 cm³/mol. The standard InChI is InChI=1S/C17H8Cl3FN2OS/c18-8-5-10(19)14-13(6-8)25-16(15(14)20)17(24)23-12(7-22)9-3-1-2-4-11(9)21/h1-6,12H,(H,23,24). The zero-order valence-corrected chi connectivity index (χ0v) is 15.4. The molecule has 8 heteroatoms. The van der Waals surface area contributed by atoms with Crippen molar-refractivity contribution in [2.45, 2.75) is 6.04 Å². The van der Waals surface area contributed by atoms with E-state index in [2.05, 4.69) is 5.32 Å². The summed E-state index contributed by atoms with van der Waals surface area (Å²) in [5.41, 5.74) is 0.0802. The van der Waals surface area contributed by atoms with Crippen molar-refractivity contribution in [1.82, 2.24) is 5.32 Å². The fraction of sp³-hybridized carbons (Fsp3) is 0.0588. The van der Waals surface area contributed by atoms with Gasteiger partial charge in [-0.25, -0.2) is 4.39 Å². The van der Waals surface area contributed by atoms with Crippen LogP contribution < -0.4 is 5.32 Å². The number of rotatable bonds is 3. The molecule has 2 aromatic carbocycles. The Balaban J connectivity index is 1.97. The first-order valence-electron chi connectivity index (χ1n) is 6.94. The molecular weight excluding hydrogens is 406 g/mol. The first-order chi connectivity index (χ1) is 11.9. The molecule has 3 aromatic rings. The normalized spacial score (nSPS) is 12.0. The summed E-state index contributed by atoms with van der Waals surface area (Å²) in [5, 5.41) is 13.2. The fourth-order valence-electron chi connectivity index (χ4n) is 2.34. The van der Waals surface area contributed by atoms with E-state index in [0.29, 0.717) is 20.1 Å². The number of hydrogen-bond donors (Lipinski definition) is 1. The van der Waals surface area contributed by atoms with Crippen LogP contribution in [0.25, 0.3) is 10.1 Å². The summed E-state index contributed by atoms with van der Waals surface area (Å²) in [6.45, 7) is 0. The van der Waals surface area contributed by atoms with E-state index in [4.69, 9.17) is 34.8 Å². The summed E-state index contributed by atoms with van der Waals surface area (Å²) in [6, 6.07) is 9.66. The van der Waals surface area contributed by atoms with Crippen molar-refractivity contribution in [3.8, 4) is 6.07 Å². The second kappa shape index (κ2) is 7.19. The molecule has 0 saturated carbocycles. The van der Waals surface area contributed by atoms with Gasteiger partial charge >= 0.3 is 0 Å². The van der Waals surface area contributed by atoms with Crippen LogP contribution in [0.5, 0.6) is 0 Å². The van der Waals surface area contributed by atoms with E-state index in [1.54, 1.807) is 12.1 Å². The molecule has 3 rings (SSSR count). The van der Waals surface area contributed by atoms with Gasteiger partial charge in [-0.1, -0.05) is 53.0 Å². The Bertz CT molecular complexity index is 1030. The van der Waals surface area contributed by atoms with Crippen molar-refractivity contribution in [2.24, 2.45) is 0 Å². The first-order valence-corrected chi connectivity index (χ1v) is 8.89. The summed E-state index contributed by atoms with van der Waals surface area (Å²) in [6.07, 6.45) is 0. The topological polar surface area (TPSA) is 52.9 Å². The predicted octanol–water partition coefficient (Wildman–Crippen LogP) is 6.00. The number of hydrogen-bond acceptors (Lipinski definition) is 3. The lowest BCUT2D eigenvalue weighted by molar-refractivity contribution is 0.0949. The summed E-state index contributed by atoms with van der Waals surface area (Å²) in [4.78, 5) is 12.7. The van der Waals surface area contributed by atoms with Gasteiger partial charge in [0.25, 0.3) is 5.91 Å². The smallest absolute Gasteiger partial charge is 0.264 e. The van der Waals surface area contributed by atoms with Crippen molar-refractivity contribution in [1.29, 1.82) is 5.26 Å². The van der Waals surface area contributed by atoms with Crippen LogP contribution in [0.2, 0.25) is 15.1 Å². The van der Waals surface area contributed by atoms with Crippen LogP contribution in [0, 0.1) is 17.1 Å². The number of benzene rings is 2. The molecular formula is C17H8Cl3FN2OS. The number of thiophene rings is 1. The molecule has 0 bridgehead atoms. The number of halogens is 4. The number of amides is 1. The van der Waals surface area contributed by atoms with Gasteiger partial charge in [0.15, 0.2) is 0 Å². The third-order valence-corrected chi connectivity index (χ3v) is 5.62. The molecule has 1 N–H and O–H groups in total. The van der Waals surface area contributed by atoms with Crippen molar-refractivity contribution in [3.05, 3.63) is 67.7 Å². The molecule has 0 aliphatic carbocycles. The number of nitrogens with zero attached hydrogens (tertiary/aromatic N) is 1. The third kappa shape index (κ3) is 3.44. The van der Waals surface area contributed by atoms with Gasteiger partial charge in [-0.15, -0.1) is 11.3 Å². The van der Waals surface area contributed by atoms with Crippen LogP contribution in [-0.4, -0.2) is 5.91 Å². The molecule has 25 heavy (non-hydrogen) atoms. The molecule has 1 unspecified atom stereocenters. The van der Waals surface area contributed by atoms with Crippen molar-refractivity contribution in [3.63, 3.8) is 0 Å². The Hall–Kier alpha value is -1.84. The fourth-order valence-corrected chi connectivity index (χ4v) is 4.62. The van der Waals surface area contributed by atoms with E-state index in [-0.39, 0.29) is 15.5 Å². The number of nitrogens with one attached hydrogen (secondary N) is 1. The van der Waals surface area contributed by atoms with Crippen LogP contribution >= 0.6 is 46.1 Å². The summed E-state index contributed by atoms with van der Waals surface area (Å²) < 4.78 is 14.5. The number of nitriles is 1. The zero-order valence-electron chi connectivity index (χ0n) is 12.3. The van der Waals surface area contributed by atoms with Crippen molar-refractivity contribution >= 4 is 62.1 Å². The Morgan fingerprint density at radius 2 is 1.96 bits per heavy atom. The molecule has 3 nitrogen and oxygen atoms in total. The maximum Gasteiger partial charge on any atom is 0.264 e. The minimum Gasteiger partial charge on any atom is -0.332 e. The zero-order chi connectivity index (χ0) is 18.1. The van der Waals surface area contributed by atoms with Crippen LogP contribution in [-0.2, 0) is 0 Å². The molecule has 1 heterocycles. The van der Waals surface area contributed by atoms with Gasteiger partial charge in [0.05, 0.1) is 16.1 Å². The molecule has 1 amide bonds. The van der Waals surface area contributed by atoms with E-state index in [1.807, 2.05) is 6.07 Å². The van der Waals surface area contributed by atoms with Gasteiger partial charge in [0.1, 0.15) is 16.7 Å². The molecule has 0 saturated heterocycles. The van der Waals surface area contributed by atoms with Crippen molar-refractivity contribution < 1.29 is 9.18 Å². The minimum absolute atomic E-state index is 0.0802. The van der Waals surface area contributed by atoms with E-state index < -0.39 is 17.8 Å². The molecule has 0 radical (unpaired) electrons. The molecule has 1 aromatic heterocycles. The van der Waals surface area contributed by atoms with E-state index in [9.17, 15) is 14.4 Å². The van der Waals surface area contributed by atoms with Gasteiger partial charge in [-0.2, -0.15) is 5.26 Å². The summed E-state index contributed by atoms with van der Waals surface area (Å²) >= 11 is 19.5. The lowest BCUT2D eigenvalue weighted by atomic mass is 10.1. The van der Waals surface area contributed by atoms with Gasteiger partial charge in [-0.3, -0.25) is 4.79 Å². The monoisotopic (exact) mass is 412 g/mol. The Kier molecular flexibility index (Phi) is 5.16. The molecule has 0 spiro atoms. The maximum atomic E-state index is 13.9. The molecule has 1 atom stereocenters. The van der Waals surface area contributed by atoms with Gasteiger partial charge in [0, 0.05) is 20.7 Å². The SMILES string of the molecule is N#CC(NC(=O)c1sc2cc(Cl)cc(Cl)c2c1Cl)c1ccccc1F. The molecule has 0 aliphatic heterocycles. The molecule has 126 valence electrons. The highest BCUT2D eigenvalue weighted by Gasteiger charge is 2.23. The second-order valence-electron chi connectivity index (χ2n) is 5.06. The highest BCUT2D eigenvalue weighted by Crippen LogP contribution is 2.41. The van der Waals surface area contributed by atoms with Crippen LogP contribution in [0.3, 0.4) is 0 Å². The van der Waals surface area contributed by atoms with Gasteiger partial charge in [-0.05, 0) is 18.2 Å². The third-order valence-electron chi connectivity index (χ3n) is 3.48. The Morgan fingerprint density at radius 3 is 2.64 bits per heavy atom. The highest BCUT2D eigenvalue weighted by atomic mass is 35.5. The van der Waals surface area contributed by atoms with E-state index >= 15 is 0 Å². The van der Waals surface area contributed by atoms with Crippen LogP contribution in [0.4, 0.5) is 4.39 Å². The first kappa shape index (κ1) is 18.0. The molecule has 0 aliphatic rings. The maximum absolute atomic E-state index is 13.9. The highest BCUT2D eigenvalue weighted by molar-refractivity contribution is 7.21. The average molecular weight is 414 g/mol. The largest absolute Gasteiger partial charge is 0.332 e. The quantitative estimate of drug-likeness (QED) is 0.573. The number of fused-ring (bicyclic) bond motifs is 1. The lowest BCUT2D eigenvalue weighted by Gasteiger charge is -2.12. The Labute approximate surface area is 161 Å². The lowest BCUT2D eigenvalue weighted by Crippen LogP contribution is -2.27. The molecule has 0 fully saturated rings. The van der Waals surface area contributed by atoms with E-state index in [0.717, 1.165) is 11.3 Å². The van der Waals surface area contributed by atoms with Gasteiger partial charge < -0.3 is 5.32 Å². The van der Waals surface area contributed by atoms with Gasteiger partial charge in [0.2, 0.25) is 0 Å². The van der Waals surface area contributed by atoms with Crippen LogP contribution in [0.15, 0.2) is 36.4 Å². The summed E-state index contributed by atoms with van der Waals surface area (Å²) in [5.74, 6) is -1.17. The van der Waals surface area contributed by atoms with E-state index in [1.165, 1.54) is 24.3 Å². The minimum atomic E-state index is -1.14. The second-order valence-corrected chi connectivity index (χ2v) is 7.34.